The third-order valence-corrected chi connectivity index (χ3v) is 2.47. The van der Waals surface area contributed by atoms with Crippen LogP contribution < -0.4 is 10.6 Å². The molecule has 2 heterocycles. The highest BCUT2D eigenvalue weighted by Crippen LogP contribution is 2.27. The molecule has 0 aromatic rings. The Labute approximate surface area is 56.0 Å². The molecule has 9 heavy (non-hydrogen) atoms. The fourth-order valence-electron chi connectivity index (χ4n) is 1.73. The Hall–Kier alpha value is -0.0800. The standard InChI is InChI=1S/C7H13N2/c1-2-7(3-5-9-7)6-8-4-1/h8H,1-6H2. The monoisotopic (exact) mass is 125 g/mol. The van der Waals surface area contributed by atoms with Gasteiger partial charge in [0, 0.05) is 18.6 Å². The maximum Gasteiger partial charge on any atom is 0.0494 e. The second kappa shape index (κ2) is 1.96. The molecule has 1 unspecified atom stereocenters. The summed E-state index contributed by atoms with van der Waals surface area (Å²) in [6.07, 6.45) is 3.99. The lowest BCUT2D eigenvalue weighted by Gasteiger charge is -2.44. The molecule has 1 spiro atoms. The summed E-state index contributed by atoms with van der Waals surface area (Å²) in [6.45, 7) is 3.46. The summed E-state index contributed by atoms with van der Waals surface area (Å²) < 4.78 is 0. The molecule has 0 amide bonds. The van der Waals surface area contributed by atoms with Gasteiger partial charge in [0.05, 0.1) is 0 Å². The van der Waals surface area contributed by atoms with Crippen molar-refractivity contribution in [3.05, 3.63) is 0 Å². The number of piperidine rings is 1. The lowest BCUT2D eigenvalue weighted by atomic mass is 9.81. The summed E-state index contributed by atoms with van der Waals surface area (Å²) >= 11 is 0. The molecule has 51 valence electrons. The summed E-state index contributed by atoms with van der Waals surface area (Å²) in [6, 6.07) is 0. The third-order valence-electron chi connectivity index (χ3n) is 2.47. The van der Waals surface area contributed by atoms with Crippen LogP contribution in [0.4, 0.5) is 0 Å². The van der Waals surface area contributed by atoms with Crippen LogP contribution in [0.1, 0.15) is 19.3 Å². The van der Waals surface area contributed by atoms with E-state index < -0.39 is 0 Å². The van der Waals surface area contributed by atoms with Crippen LogP contribution in [-0.2, 0) is 0 Å². The van der Waals surface area contributed by atoms with Crippen molar-refractivity contribution in [2.45, 2.75) is 24.8 Å². The lowest BCUT2D eigenvalue weighted by molar-refractivity contribution is 0.152. The van der Waals surface area contributed by atoms with Gasteiger partial charge < -0.3 is 5.32 Å². The zero-order valence-electron chi connectivity index (χ0n) is 5.69. The Morgan fingerprint density at radius 2 is 2.22 bits per heavy atom. The average Bonchev–Trinajstić information content (AvgIpc) is 1.87. The molecule has 2 nitrogen and oxygen atoms in total. The van der Waals surface area contributed by atoms with Gasteiger partial charge >= 0.3 is 0 Å². The van der Waals surface area contributed by atoms with Gasteiger partial charge in [0.25, 0.3) is 0 Å². The van der Waals surface area contributed by atoms with Gasteiger partial charge in [-0.25, -0.2) is 5.32 Å². The molecule has 1 radical (unpaired) electrons. The molecule has 2 aliphatic rings. The molecule has 0 bridgehead atoms. The highest BCUT2D eigenvalue weighted by molar-refractivity contribution is 4.99. The van der Waals surface area contributed by atoms with Crippen molar-refractivity contribution < 1.29 is 0 Å². The van der Waals surface area contributed by atoms with Crippen LogP contribution in [-0.4, -0.2) is 25.2 Å². The third kappa shape index (κ3) is 0.864. The van der Waals surface area contributed by atoms with E-state index in [0.29, 0.717) is 5.54 Å². The Balaban J connectivity index is 1.93. The van der Waals surface area contributed by atoms with Crippen molar-refractivity contribution >= 4 is 0 Å². The van der Waals surface area contributed by atoms with Crippen LogP contribution in [0.5, 0.6) is 0 Å². The minimum Gasteiger partial charge on any atom is -0.315 e. The highest BCUT2D eigenvalue weighted by Gasteiger charge is 2.38. The van der Waals surface area contributed by atoms with Crippen LogP contribution >= 0.6 is 0 Å². The highest BCUT2D eigenvalue weighted by atomic mass is 15.1. The van der Waals surface area contributed by atoms with E-state index in [0.717, 1.165) is 13.1 Å². The van der Waals surface area contributed by atoms with E-state index >= 15 is 0 Å². The maximum atomic E-state index is 4.50. The SMILES string of the molecule is C1CNCC2(C1)CC[N]2. The predicted octanol–water partition coefficient (Wildman–Crippen LogP) is 0.117. The van der Waals surface area contributed by atoms with Crippen molar-refractivity contribution in [1.29, 1.82) is 0 Å². The van der Waals surface area contributed by atoms with Gasteiger partial charge in [0.2, 0.25) is 0 Å². The van der Waals surface area contributed by atoms with Crippen LogP contribution in [0, 0.1) is 0 Å². The molecule has 1 atom stereocenters. The molecule has 2 aliphatic heterocycles. The average molecular weight is 125 g/mol. The van der Waals surface area contributed by atoms with Gasteiger partial charge in [-0.3, -0.25) is 0 Å². The fourth-order valence-corrected chi connectivity index (χ4v) is 1.73. The van der Waals surface area contributed by atoms with E-state index in [2.05, 4.69) is 10.6 Å². The smallest absolute Gasteiger partial charge is 0.0494 e. The molecule has 2 heteroatoms. The number of hydrogen-bond acceptors (Lipinski definition) is 1. The minimum absolute atomic E-state index is 0.415. The van der Waals surface area contributed by atoms with Crippen molar-refractivity contribution in [1.82, 2.24) is 10.6 Å². The van der Waals surface area contributed by atoms with E-state index in [1.807, 2.05) is 0 Å². The van der Waals surface area contributed by atoms with Gasteiger partial charge in [-0.1, -0.05) is 0 Å². The molecule has 2 saturated heterocycles. The molecule has 0 aromatic carbocycles. The predicted molar refractivity (Wildman–Crippen MR) is 36.5 cm³/mol. The Bertz CT molecular complexity index is 99.5. The minimum atomic E-state index is 0.415. The quantitative estimate of drug-likeness (QED) is 0.489. The maximum absolute atomic E-state index is 4.50. The summed E-state index contributed by atoms with van der Waals surface area (Å²) in [7, 11) is 0. The van der Waals surface area contributed by atoms with Gasteiger partial charge in [-0.15, -0.1) is 0 Å². The van der Waals surface area contributed by atoms with Crippen molar-refractivity contribution in [2.75, 3.05) is 19.6 Å². The van der Waals surface area contributed by atoms with Gasteiger partial charge in [0.1, 0.15) is 0 Å². The van der Waals surface area contributed by atoms with Gasteiger partial charge in [0.15, 0.2) is 0 Å². The lowest BCUT2D eigenvalue weighted by Crippen LogP contribution is -2.60. The number of nitrogens with one attached hydrogen (secondary N) is 1. The largest absolute Gasteiger partial charge is 0.315 e. The molecule has 2 rings (SSSR count). The summed E-state index contributed by atoms with van der Waals surface area (Å²) in [4.78, 5) is 0. The Morgan fingerprint density at radius 1 is 1.33 bits per heavy atom. The Morgan fingerprint density at radius 3 is 2.56 bits per heavy atom. The van der Waals surface area contributed by atoms with Gasteiger partial charge in [-0.05, 0) is 25.8 Å². The summed E-state index contributed by atoms with van der Waals surface area (Å²) in [5, 5.41) is 7.88. The van der Waals surface area contributed by atoms with Crippen LogP contribution in [0.3, 0.4) is 0 Å². The second-order valence-electron chi connectivity index (χ2n) is 3.14. The first-order valence-electron chi connectivity index (χ1n) is 3.81. The van der Waals surface area contributed by atoms with Crippen LogP contribution in [0.25, 0.3) is 0 Å². The van der Waals surface area contributed by atoms with E-state index in [1.165, 1.54) is 25.8 Å². The van der Waals surface area contributed by atoms with Crippen LogP contribution in [0.2, 0.25) is 0 Å². The van der Waals surface area contributed by atoms with Crippen LogP contribution in [0.15, 0.2) is 0 Å². The topological polar surface area (TPSA) is 26.1 Å². The first-order chi connectivity index (χ1) is 4.41. The van der Waals surface area contributed by atoms with Crippen molar-refractivity contribution in [2.24, 2.45) is 0 Å². The van der Waals surface area contributed by atoms with E-state index in [9.17, 15) is 0 Å². The number of hydrogen-bond donors (Lipinski definition) is 1. The van der Waals surface area contributed by atoms with Crippen molar-refractivity contribution in [3.63, 3.8) is 0 Å². The fraction of sp³-hybridized carbons (Fsp3) is 1.00. The van der Waals surface area contributed by atoms with E-state index in [1.54, 1.807) is 0 Å². The first kappa shape index (κ1) is 5.69. The number of rotatable bonds is 0. The molecule has 2 fully saturated rings. The molecule has 1 N–H and O–H groups in total. The summed E-state index contributed by atoms with van der Waals surface area (Å²) in [5.74, 6) is 0. The Kier molecular flexibility index (Phi) is 1.24. The summed E-state index contributed by atoms with van der Waals surface area (Å²) in [5.41, 5.74) is 0.415. The molecular formula is C7H13N2. The molecular weight excluding hydrogens is 112 g/mol. The molecule has 0 saturated carbocycles. The first-order valence-corrected chi connectivity index (χ1v) is 3.81. The molecule has 0 aromatic heterocycles. The molecule has 0 aliphatic carbocycles. The number of nitrogens with zero attached hydrogens (tertiary/aromatic N) is 1. The second-order valence-corrected chi connectivity index (χ2v) is 3.14. The van der Waals surface area contributed by atoms with E-state index in [4.69, 9.17) is 0 Å². The van der Waals surface area contributed by atoms with E-state index in [-0.39, 0.29) is 0 Å². The zero-order chi connectivity index (χ0) is 6.16. The van der Waals surface area contributed by atoms with Crippen molar-refractivity contribution in [3.8, 4) is 0 Å². The normalized spacial score (nSPS) is 42.7. The van der Waals surface area contributed by atoms with Gasteiger partial charge in [-0.2, -0.15) is 0 Å². The zero-order valence-corrected chi connectivity index (χ0v) is 5.69.